The highest BCUT2D eigenvalue weighted by atomic mass is 16.1. The Kier molecular flexibility index (Phi) is 5.94. The normalized spacial score (nSPS) is 10.6. The topological polar surface area (TPSA) is 57.3 Å². The van der Waals surface area contributed by atoms with Crippen molar-refractivity contribution >= 4 is 28.8 Å². The van der Waals surface area contributed by atoms with Gasteiger partial charge in [-0.25, -0.2) is 4.98 Å². The first kappa shape index (κ1) is 19.4. The maximum Gasteiger partial charge on any atom is 0.257 e. The first-order valence-electron chi connectivity index (χ1n) is 9.35. The van der Waals surface area contributed by atoms with Crippen LogP contribution < -0.4 is 15.5 Å². The molecule has 0 spiro atoms. The lowest BCUT2D eigenvalue weighted by Crippen LogP contribution is -2.14. The average Bonchev–Trinajstić information content (AvgIpc) is 2.69. The van der Waals surface area contributed by atoms with Gasteiger partial charge >= 0.3 is 0 Å². The van der Waals surface area contributed by atoms with Gasteiger partial charge in [-0.1, -0.05) is 32.0 Å². The third-order valence-corrected chi connectivity index (χ3v) is 4.51. The molecule has 5 nitrogen and oxygen atoms in total. The standard InChI is InChI=1S/C23H26N4O/c1-16(2)20-7-5-6-8-21(20)26-23(28)17-9-14-22(24-15-17)25-18-10-12-19(13-11-18)27(3)4/h5-16H,1-4H3,(H,24,25)(H,26,28). The summed E-state index contributed by atoms with van der Waals surface area (Å²) in [7, 11) is 4.01. The van der Waals surface area contributed by atoms with E-state index in [1.54, 1.807) is 12.3 Å². The molecule has 0 radical (unpaired) electrons. The van der Waals surface area contributed by atoms with Gasteiger partial charge in [0, 0.05) is 37.4 Å². The zero-order valence-electron chi connectivity index (χ0n) is 16.7. The van der Waals surface area contributed by atoms with E-state index >= 15 is 0 Å². The first-order valence-corrected chi connectivity index (χ1v) is 9.35. The smallest absolute Gasteiger partial charge is 0.257 e. The number of nitrogens with one attached hydrogen (secondary N) is 2. The van der Waals surface area contributed by atoms with Crippen LogP contribution >= 0.6 is 0 Å². The van der Waals surface area contributed by atoms with Crippen LogP contribution in [-0.4, -0.2) is 25.0 Å². The molecule has 1 heterocycles. The summed E-state index contributed by atoms with van der Waals surface area (Å²) in [5, 5.41) is 6.24. The lowest BCUT2D eigenvalue weighted by molar-refractivity contribution is 0.102. The molecule has 1 aromatic heterocycles. The van der Waals surface area contributed by atoms with Gasteiger partial charge in [0.05, 0.1) is 5.56 Å². The van der Waals surface area contributed by atoms with Crippen molar-refractivity contribution in [2.45, 2.75) is 19.8 Å². The van der Waals surface area contributed by atoms with Crippen LogP contribution in [-0.2, 0) is 0 Å². The van der Waals surface area contributed by atoms with E-state index in [4.69, 9.17) is 0 Å². The van der Waals surface area contributed by atoms with Gasteiger partial charge in [-0.3, -0.25) is 4.79 Å². The number of amides is 1. The van der Waals surface area contributed by atoms with Crippen LogP contribution in [0.3, 0.4) is 0 Å². The molecule has 0 aliphatic heterocycles. The lowest BCUT2D eigenvalue weighted by Gasteiger charge is -2.14. The van der Waals surface area contributed by atoms with Crippen LogP contribution in [0.5, 0.6) is 0 Å². The van der Waals surface area contributed by atoms with Gasteiger partial charge in [0.1, 0.15) is 5.82 Å². The van der Waals surface area contributed by atoms with E-state index in [0.717, 1.165) is 22.6 Å². The number of anilines is 4. The quantitative estimate of drug-likeness (QED) is 0.617. The molecule has 2 aromatic carbocycles. The summed E-state index contributed by atoms with van der Waals surface area (Å²) in [6.45, 7) is 4.22. The minimum absolute atomic E-state index is 0.164. The molecule has 0 unspecified atom stereocenters. The molecule has 1 amide bonds. The maximum absolute atomic E-state index is 12.6. The van der Waals surface area contributed by atoms with E-state index in [-0.39, 0.29) is 5.91 Å². The van der Waals surface area contributed by atoms with Crippen molar-refractivity contribution in [2.75, 3.05) is 29.6 Å². The van der Waals surface area contributed by atoms with Gasteiger partial charge in [0.2, 0.25) is 0 Å². The van der Waals surface area contributed by atoms with Gasteiger partial charge in [-0.15, -0.1) is 0 Å². The number of hydrogen-bond acceptors (Lipinski definition) is 4. The molecule has 5 heteroatoms. The molecule has 0 aliphatic carbocycles. The molecule has 0 saturated heterocycles. The van der Waals surface area contributed by atoms with E-state index in [9.17, 15) is 4.79 Å². The van der Waals surface area contributed by atoms with Crippen LogP contribution in [0.25, 0.3) is 0 Å². The summed E-state index contributed by atoms with van der Waals surface area (Å²) in [6.07, 6.45) is 1.59. The summed E-state index contributed by atoms with van der Waals surface area (Å²) in [5.74, 6) is 0.860. The highest BCUT2D eigenvalue weighted by molar-refractivity contribution is 6.04. The van der Waals surface area contributed by atoms with Crippen molar-refractivity contribution in [2.24, 2.45) is 0 Å². The molecular weight excluding hydrogens is 348 g/mol. The Balaban J connectivity index is 1.68. The molecule has 0 aliphatic rings. The van der Waals surface area contributed by atoms with Crippen molar-refractivity contribution < 1.29 is 4.79 Å². The second-order valence-corrected chi connectivity index (χ2v) is 7.19. The molecular formula is C23H26N4O. The minimum Gasteiger partial charge on any atom is -0.378 e. The van der Waals surface area contributed by atoms with Gasteiger partial charge in [0.15, 0.2) is 0 Å². The van der Waals surface area contributed by atoms with Crippen LogP contribution in [0, 0.1) is 0 Å². The number of nitrogens with zero attached hydrogens (tertiary/aromatic N) is 2. The summed E-state index contributed by atoms with van der Waals surface area (Å²) >= 11 is 0. The van der Waals surface area contributed by atoms with E-state index in [0.29, 0.717) is 17.3 Å². The fourth-order valence-corrected chi connectivity index (χ4v) is 2.90. The highest BCUT2D eigenvalue weighted by Crippen LogP contribution is 2.24. The molecule has 0 fully saturated rings. The van der Waals surface area contributed by atoms with Crippen molar-refractivity contribution in [3.05, 3.63) is 78.0 Å². The number of aromatic nitrogens is 1. The molecule has 0 saturated carbocycles. The predicted octanol–water partition coefficient (Wildman–Crippen LogP) is 5.27. The number of carbonyl (C=O) groups excluding carboxylic acids is 1. The second kappa shape index (κ2) is 8.57. The van der Waals surface area contributed by atoms with Crippen molar-refractivity contribution in [1.29, 1.82) is 0 Å². The average molecular weight is 374 g/mol. The molecule has 3 rings (SSSR count). The monoisotopic (exact) mass is 374 g/mol. The zero-order chi connectivity index (χ0) is 20.1. The van der Waals surface area contributed by atoms with E-state index in [1.807, 2.05) is 73.6 Å². The summed E-state index contributed by atoms with van der Waals surface area (Å²) in [5.41, 5.74) is 4.55. The number of pyridine rings is 1. The maximum atomic E-state index is 12.6. The SMILES string of the molecule is CC(C)c1ccccc1NC(=O)c1ccc(Nc2ccc(N(C)C)cc2)nc1. The Morgan fingerprint density at radius 1 is 0.964 bits per heavy atom. The Hall–Kier alpha value is -3.34. The second-order valence-electron chi connectivity index (χ2n) is 7.19. The fraction of sp³-hybridized carbons (Fsp3) is 0.217. The number of rotatable bonds is 6. The molecule has 0 bridgehead atoms. The largest absolute Gasteiger partial charge is 0.378 e. The zero-order valence-corrected chi connectivity index (χ0v) is 16.7. The third-order valence-electron chi connectivity index (χ3n) is 4.51. The van der Waals surface area contributed by atoms with Gasteiger partial charge < -0.3 is 15.5 Å². The van der Waals surface area contributed by atoms with E-state index in [2.05, 4.69) is 29.5 Å². The van der Waals surface area contributed by atoms with Crippen LogP contribution in [0.15, 0.2) is 66.9 Å². The fourth-order valence-electron chi connectivity index (χ4n) is 2.90. The van der Waals surface area contributed by atoms with Gasteiger partial charge in [0.25, 0.3) is 5.91 Å². The molecule has 144 valence electrons. The van der Waals surface area contributed by atoms with Crippen LogP contribution in [0.4, 0.5) is 22.9 Å². The Morgan fingerprint density at radius 3 is 2.29 bits per heavy atom. The van der Waals surface area contributed by atoms with Crippen molar-refractivity contribution in [1.82, 2.24) is 4.98 Å². The first-order chi connectivity index (χ1) is 13.4. The van der Waals surface area contributed by atoms with Gasteiger partial charge in [-0.05, 0) is 53.9 Å². The van der Waals surface area contributed by atoms with Crippen LogP contribution in [0.1, 0.15) is 35.7 Å². The number of hydrogen-bond donors (Lipinski definition) is 2. The molecule has 2 N–H and O–H groups in total. The van der Waals surface area contributed by atoms with E-state index in [1.165, 1.54) is 0 Å². The molecule has 28 heavy (non-hydrogen) atoms. The van der Waals surface area contributed by atoms with Crippen molar-refractivity contribution in [3.8, 4) is 0 Å². The molecule has 0 atom stereocenters. The van der Waals surface area contributed by atoms with E-state index < -0.39 is 0 Å². The highest BCUT2D eigenvalue weighted by Gasteiger charge is 2.11. The summed E-state index contributed by atoms with van der Waals surface area (Å²) < 4.78 is 0. The molecule has 3 aromatic rings. The Labute approximate surface area is 166 Å². The number of benzene rings is 2. The Bertz CT molecular complexity index is 932. The third kappa shape index (κ3) is 4.68. The lowest BCUT2D eigenvalue weighted by atomic mass is 10.0. The van der Waals surface area contributed by atoms with Gasteiger partial charge in [-0.2, -0.15) is 0 Å². The summed E-state index contributed by atoms with van der Waals surface area (Å²) in [6, 6.07) is 19.5. The number of para-hydroxylation sites is 1. The predicted molar refractivity (Wildman–Crippen MR) is 117 cm³/mol. The summed E-state index contributed by atoms with van der Waals surface area (Å²) in [4.78, 5) is 19.0. The number of carbonyl (C=O) groups is 1. The Morgan fingerprint density at radius 2 is 1.68 bits per heavy atom. The van der Waals surface area contributed by atoms with Crippen LogP contribution in [0.2, 0.25) is 0 Å². The minimum atomic E-state index is -0.164. The van der Waals surface area contributed by atoms with Crippen molar-refractivity contribution in [3.63, 3.8) is 0 Å².